The highest BCUT2D eigenvalue weighted by Crippen LogP contribution is 2.22. The third-order valence-corrected chi connectivity index (χ3v) is 5.29. The van der Waals surface area contributed by atoms with Crippen LogP contribution in [0, 0.1) is 0 Å². The predicted molar refractivity (Wildman–Crippen MR) is 111 cm³/mol. The van der Waals surface area contributed by atoms with E-state index >= 15 is 0 Å². The van der Waals surface area contributed by atoms with Gasteiger partial charge in [-0.05, 0) is 22.9 Å². The van der Waals surface area contributed by atoms with Crippen molar-refractivity contribution in [1.29, 1.82) is 0 Å². The first-order valence-electron chi connectivity index (χ1n) is 9.64. The van der Waals surface area contributed by atoms with Crippen LogP contribution in [-0.4, -0.2) is 56.7 Å². The monoisotopic (exact) mass is 384 g/mol. The fourth-order valence-corrected chi connectivity index (χ4v) is 3.76. The summed E-state index contributed by atoms with van der Waals surface area (Å²) in [5.41, 5.74) is 0.763. The molecule has 1 aliphatic heterocycles. The fourth-order valence-electron chi connectivity index (χ4n) is 3.76. The molecular formula is C22H20N6O. The first-order valence-corrected chi connectivity index (χ1v) is 9.64. The van der Waals surface area contributed by atoms with E-state index in [0.29, 0.717) is 13.1 Å². The molecule has 2 aromatic carbocycles. The second-order valence-corrected chi connectivity index (χ2v) is 6.99. The summed E-state index contributed by atoms with van der Waals surface area (Å²) in [7, 11) is 0. The Morgan fingerprint density at radius 3 is 2.48 bits per heavy atom. The van der Waals surface area contributed by atoms with Crippen LogP contribution in [0.15, 0.2) is 73.3 Å². The van der Waals surface area contributed by atoms with E-state index in [1.807, 2.05) is 65.7 Å². The van der Waals surface area contributed by atoms with Crippen molar-refractivity contribution in [2.24, 2.45) is 0 Å². The molecule has 1 amide bonds. The van der Waals surface area contributed by atoms with Gasteiger partial charge < -0.3 is 9.80 Å². The van der Waals surface area contributed by atoms with Gasteiger partial charge in [0.05, 0.1) is 0 Å². The Labute approximate surface area is 168 Å². The molecule has 0 spiro atoms. The van der Waals surface area contributed by atoms with Crippen molar-refractivity contribution in [2.75, 3.05) is 31.1 Å². The molecule has 0 atom stereocenters. The van der Waals surface area contributed by atoms with Crippen molar-refractivity contribution in [1.82, 2.24) is 24.6 Å². The molecule has 0 aliphatic carbocycles. The van der Waals surface area contributed by atoms with Gasteiger partial charge in [-0.1, -0.05) is 36.4 Å². The minimum atomic E-state index is 0.0846. The molecule has 1 aliphatic rings. The molecule has 1 saturated heterocycles. The highest BCUT2D eigenvalue weighted by molar-refractivity contribution is 6.07. The summed E-state index contributed by atoms with van der Waals surface area (Å²) in [5.74, 6) is 1.67. The molecule has 7 nitrogen and oxygen atoms in total. The maximum atomic E-state index is 13.1. The summed E-state index contributed by atoms with van der Waals surface area (Å²) in [6.45, 7) is 2.77. The molecule has 0 bridgehead atoms. The summed E-state index contributed by atoms with van der Waals surface area (Å²) < 4.78 is 1.71. The van der Waals surface area contributed by atoms with E-state index in [-0.39, 0.29) is 5.91 Å². The van der Waals surface area contributed by atoms with Gasteiger partial charge >= 0.3 is 0 Å². The SMILES string of the molecule is O=C(c1cccc2ccccc12)N1CCN(c2cc(-n3cccn3)ncn2)CC1. The summed E-state index contributed by atoms with van der Waals surface area (Å²) in [5, 5.41) is 6.31. The Bertz CT molecular complexity index is 1140. The molecule has 0 N–H and O–H groups in total. The number of amides is 1. The van der Waals surface area contributed by atoms with E-state index in [1.165, 1.54) is 0 Å². The standard InChI is InChI=1S/C22H20N6O/c29-22(19-8-3-6-17-5-1-2-7-18(17)19)27-13-11-26(12-14-27)20-15-21(24-16-23-20)28-10-4-9-25-28/h1-10,15-16H,11-14H2. The Hall–Kier alpha value is -3.74. The van der Waals surface area contributed by atoms with Gasteiger partial charge in [0.25, 0.3) is 5.91 Å². The van der Waals surface area contributed by atoms with Gasteiger partial charge in [-0.2, -0.15) is 5.10 Å². The first-order chi connectivity index (χ1) is 14.3. The van der Waals surface area contributed by atoms with Crippen molar-refractivity contribution in [2.45, 2.75) is 0 Å². The van der Waals surface area contributed by atoms with E-state index < -0.39 is 0 Å². The number of carbonyl (C=O) groups is 1. The number of hydrogen-bond acceptors (Lipinski definition) is 5. The third kappa shape index (κ3) is 3.31. The van der Waals surface area contributed by atoms with Gasteiger partial charge in [-0.3, -0.25) is 4.79 Å². The lowest BCUT2D eigenvalue weighted by Crippen LogP contribution is -2.49. The normalized spacial score (nSPS) is 14.3. The molecule has 5 rings (SSSR count). The van der Waals surface area contributed by atoms with Crippen molar-refractivity contribution in [3.05, 3.63) is 78.9 Å². The number of hydrogen-bond donors (Lipinski definition) is 0. The van der Waals surface area contributed by atoms with E-state index in [1.54, 1.807) is 17.2 Å². The van der Waals surface area contributed by atoms with Crippen LogP contribution in [0.25, 0.3) is 16.6 Å². The Balaban J connectivity index is 1.32. The molecule has 0 radical (unpaired) electrons. The summed E-state index contributed by atoms with van der Waals surface area (Å²) in [6.07, 6.45) is 5.13. The maximum absolute atomic E-state index is 13.1. The van der Waals surface area contributed by atoms with Crippen LogP contribution in [0.5, 0.6) is 0 Å². The molecule has 7 heteroatoms. The fraction of sp³-hybridized carbons (Fsp3) is 0.182. The lowest BCUT2D eigenvalue weighted by Gasteiger charge is -2.35. The molecule has 0 saturated carbocycles. The number of benzene rings is 2. The van der Waals surface area contributed by atoms with Gasteiger partial charge in [-0.15, -0.1) is 0 Å². The van der Waals surface area contributed by atoms with Crippen LogP contribution in [0.4, 0.5) is 5.82 Å². The van der Waals surface area contributed by atoms with Crippen molar-refractivity contribution < 1.29 is 4.79 Å². The van der Waals surface area contributed by atoms with E-state index in [4.69, 9.17) is 0 Å². The lowest BCUT2D eigenvalue weighted by molar-refractivity contribution is 0.0748. The molecule has 2 aromatic heterocycles. The van der Waals surface area contributed by atoms with Crippen LogP contribution in [-0.2, 0) is 0 Å². The molecular weight excluding hydrogens is 364 g/mol. The Morgan fingerprint density at radius 1 is 0.862 bits per heavy atom. The quantitative estimate of drug-likeness (QED) is 0.543. The van der Waals surface area contributed by atoms with Crippen molar-refractivity contribution in [3.8, 4) is 5.82 Å². The topological polar surface area (TPSA) is 67.2 Å². The van der Waals surface area contributed by atoms with Crippen molar-refractivity contribution >= 4 is 22.5 Å². The minimum absolute atomic E-state index is 0.0846. The largest absolute Gasteiger partial charge is 0.353 e. The first kappa shape index (κ1) is 17.4. The van der Waals surface area contributed by atoms with E-state index in [9.17, 15) is 4.79 Å². The summed E-state index contributed by atoms with van der Waals surface area (Å²) in [6, 6.07) is 17.7. The molecule has 1 fully saturated rings. The zero-order valence-electron chi connectivity index (χ0n) is 15.8. The highest BCUT2D eigenvalue weighted by Gasteiger charge is 2.24. The van der Waals surface area contributed by atoms with Gasteiger partial charge in [-0.25, -0.2) is 14.6 Å². The maximum Gasteiger partial charge on any atom is 0.254 e. The summed E-state index contributed by atoms with van der Waals surface area (Å²) in [4.78, 5) is 25.9. The van der Waals surface area contributed by atoms with Crippen LogP contribution in [0.3, 0.4) is 0 Å². The number of rotatable bonds is 3. The number of piperazine rings is 1. The molecule has 4 aromatic rings. The zero-order valence-corrected chi connectivity index (χ0v) is 15.8. The molecule has 0 unspecified atom stereocenters. The highest BCUT2D eigenvalue weighted by atomic mass is 16.2. The van der Waals surface area contributed by atoms with Gasteiger partial charge in [0, 0.05) is 50.2 Å². The molecule has 3 heterocycles. The second-order valence-electron chi connectivity index (χ2n) is 6.99. The smallest absolute Gasteiger partial charge is 0.254 e. The number of fused-ring (bicyclic) bond motifs is 1. The Kier molecular flexibility index (Phi) is 4.40. The molecule has 144 valence electrons. The second kappa shape index (κ2) is 7.35. The van der Waals surface area contributed by atoms with Gasteiger partial charge in [0.15, 0.2) is 5.82 Å². The van der Waals surface area contributed by atoms with E-state index in [0.717, 1.165) is 41.1 Å². The average molecular weight is 384 g/mol. The van der Waals surface area contributed by atoms with Crippen LogP contribution in [0.1, 0.15) is 10.4 Å². The van der Waals surface area contributed by atoms with Gasteiger partial charge in [0.2, 0.25) is 0 Å². The van der Waals surface area contributed by atoms with Gasteiger partial charge in [0.1, 0.15) is 12.1 Å². The number of aromatic nitrogens is 4. The summed E-state index contributed by atoms with van der Waals surface area (Å²) >= 11 is 0. The minimum Gasteiger partial charge on any atom is -0.353 e. The number of anilines is 1. The predicted octanol–water partition coefficient (Wildman–Crippen LogP) is 2.78. The van der Waals surface area contributed by atoms with E-state index in [2.05, 4.69) is 20.0 Å². The number of carbonyl (C=O) groups excluding carboxylic acids is 1. The zero-order chi connectivity index (χ0) is 19.6. The molecule has 29 heavy (non-hydrogen) atoms. The number of nitrogens with zero attached hydrogens (tertiary/aromatic N) is 6. The van der Waals surface area contributed by atoms with Crippen molar-refractivity contribution in [3.63, 3.8) is 0 Å². The lowest BCUT2D eigenvalue weighted by atomic mass is 10.0. The van der Waals surface area contributed by atoms with Crippen LogP contribution >= 0.6 is 0 Å². The average Bonchev–Trinajstić information content (AvgIpc) is 3.34. The Morgan fingerprint density at radius 2 is 1.66 bits per heavy atom. The third-order valence-electron chi connectivity index (χ3n) is 5.29. The van der Waals surface area contributed by atoms with Crippen LogP contribution in [0.2, 0.25) is 0 Å². The van der Waals surface area contributed by atoms with Crippen LogP contribution < -0.4 is 4.90 Å².